The van der Waals surface area contributed by atoms with Gasteiger partial charge in [-0.3, -0.25) is 9.79 Å². The number of guanidine groups is 1. The zero-order valence-electron chi connectivity index (χ0n) is 15.3. The maximum Gasteiger partial charge on any atom is 0.242 e. The minimum atomic E-state index is 0.0790. The number of rotatable bonds is 10. The predicted molar refractivity (Wildman–Crippen MR) is 101 cm³/mol. The molecule has 0 aliphatic heterocycles. The fourth-order valence-electron chi connectivity index (χ4n) is 2.43. The number of carbonyl (C=O) groups excluding carboxylic acids is 1. The van der Waals surface area contributed by atoms with E-state index in [1.165, 1.54) is 19.3 Å². The van der Waals surface area contributed by atoms with E-state index in [0.29, 0.717) is 19.0 Å². The lowest BCUT2D eigenvalue weighted by Crippen LogP contribution is -2.44. The van der Waals surface area contributed by atoms with Crippen LogP contribution in [0, 0.1) is 0 Å². The van der Waals surface area contributed by atoms with Crippen LogP contribution < -0.4 is 10.6 Å². The lowest BCUT2D eigenvalue weighted by atomic mass is 10.2. The van der Waals surface area contributed by atoms with Crippen molar-refractivity contribution in [1.29, 1.82) is 0 Å². The Kier molecular flexibility index (Phi) is 10.3. The molecule has 1 aromatic carbocycles. The molecule has 5 nitrogen and oxygen atoms in total. The third-order valence-corrected chi connectivity index (χ3v) is 3.90. The van der Waals surface area contributed by atoms with Crippen LogP contribution in [-0.4, -0.2) is 43.4 Å². The van der Waals surface area contributed by atoms with Gasteiger partial charge in [0, 0.05) is 26.7 Å². The second-order valence-electron chi connectivity index (χ2n) is 5.81. The van der Waals surface area contributed by atoms with Gasteiger partial charge in [0.2, 0.25) is 5.91 Å². The molecule has 0 saturated heterocycles. The minimum Gasteiger partial charge on any atom is -0.356 e. The molecule has 2 N–H and O–H groups in total. The van der Waals surface area contributed by atoms with E-state index in [9.17, 15) is 4.79 Å². The fraction of sp³-hybridized carbons (Fsp3) is 0.579. The number of aliphatic imine (C=N–C) groups is 1. The Balaban J connectivity index is 2.35. The van der Waals surface area contributed by atoms with E-state index in [0.717, 1.165) is 18.5 Å². The van der Waals surface area contributed by atoms with Gasteiger partial charge >= 0.3 is 0 Å². The summed E-state index contributed by atoms with van der Waals surface area (Å²) in [6, 6.07) is 10.1. The maximum atomic E-state index is 12.4. The summed E-state index contributed by atoms with van der Waals surface area (Å²) >= 11 is 0. The molecule has 0 aliphatic rings. The second kappa shape index (κ2) is 12.4. The smallest absolute Gasteiger partial charge is 0.242 e. The molecule has 0 aromatic heterocycles. The van der Waals surface area contributed by atoms with E-state index < -0.39 is 0 Å². The number of hydrogen-bond acceptors (Lipinski definition) is 2. The van der Waals surface area contributed by atoms with Gasteiger partial charge < -0.3 is 15.5 Å². The van der Waals surface area contributed by atoms with E-state index >= 15 is 0 Å². The van der Waals surface area contributed by atoms with Gasteiger partial charge in [0.1, 0.15) is 0 Å². The van der Waals surface area contributed by atoms with Crippen LogP contribution in [-0.2, 0) is 11.3 Å². The van der Waals surface area contributed by atoms with Gasteiger partial charge in [-0.25, -0.2) is 0 Å². The lowest BCUT2D eigenvalue weighted by molar-refractivity contribution is -0.130. The van der Waals surface area contributed by atoms with Crippen LogP contribution in [0.3, 0.4) is 0 Å². The molecule has 5 heteroatoms. The fourth-order valence-corrected chi connectivity index (χ4v) is 2.43. The van der Waals surface area contributed by atoms with Gasteiger partial charge in [0.25, 0.3) is 0 Å². The Hall–Kier alpha value is -2.04. The van der Waals surface area contributed by atoms with Crippen molar-refractivity contribution in [1.82, 2.24) is 15.5 Å². The molecule has 134 valence electrons. The van der Waals surface area contributed by atoms with Crippen LogP contribution in [0.25, 0.3) is 0 Å². The molecule has 0 fully saturated rings. The normalized spacial score (nSPS) is 11.2. The highest BCUT2D eigenvalue weighted by molar-refractivity contribution is 5.86. The minimum absolute atomic E-state index is 0.0790. The number of benzene rings is 1. The van der Waals surface area contributed by atoms with Gasteiger partial charge in [-0.1, -0.05) is 56.5 Å². The Morgan fingerprint density at radius 2 is 1.83 bits per heavy atom. The van der Waals surface area contributed by atoms with Crippen molar-refractivity contribution < 1.29 is 4.79 Å². The van der Waals surface area contributed by atoms with Crippen LogP contribution in [0.15, 0.2) is 35.3 Å². The Morgan fingerprint density at radius 1 is 1.08 bits per heavy atom. The third kappa shape index (κ3) is 7.99. The quantitative estimate of drug-likeness (QED) is 0.393. The van der Waals surface area contributed by atoms with Crippen LogP contribution in [0.1, 0.15) is 45.1 Å². The molecule has 0 bridgehead atoms. The highest BCUT2D eigenvalue weighted by Crippen LogP contribution is 2.04. The van der Waals surface area contributed by atoms with Crippen LogP contribution in [0.4, 0.5) is 0 Å². The van der Waals surface area contributed by atoms with Crippen molar-refractivity contribution in [3.63, 3.8) is 0 Å². The summed E-state index contributed by atoms with van der Waals surface area (Å²) in [6.45, 7) is 6.68. The Labute approximate surface area is 146 Å². The van der Waals surface area contributed by atoms with Gasteiger partial charge in [-0.15, -0.1) is 0 Å². The summed E-state index contributed by atoms with van der Waals surface area (Å²) in [4.78, 5) is 18.4. The standard InChI is InChI=1S/C19H32N4O/c1-4-6-7-11-14-21-19(20-3)22-15-18(24)23(5-2)16-17-12-9-8-10-13-17/h8-10,12-13H,4-7,11,14-16H2,1-3H3,(H2,20,21,22). The summed E-state index contributed by atoms with van der Waals surface area (Å²) < 4.78 is 0. The topological polar surface area (TPSA) is 56.7 Å². The monoisotopic (exact) mass is 332 g/mol. The molecule has 1 rings (SSSR count). The van der Waals surface area contributed by atoms with Gasteiger partial charge in [-0.05, 0) is 18.9 Å². The summed E-state index contributed by atoms with van der Waals surface area (Å²) in [5.74, 6) is 0.769. The number of nitrogens with one attached hydrogen (secondary N) is 2. The van der Waals surface area contributed by atoms with Crippen molar-refractivity contribution in [2.75, 3.05) is 26.7 Å². The molecule has 0 radical (unpaired) electrons. The number of likely N-dealkylation sites (N-methyl/N-ethyl adjacent to an activating group) is 1. The first-order chi connectivity index (χ1) is 11.7. The number of amides is 1. The second-order valence-corrected chi connectivity index (χ2v) is 5.81. The van der Waals surface area contributed by atoms with E-state index in [4.69, 9.17) is 0 Å². The van der Waals surface area contributed by atoms with E-state index in [-0.39, 0.29) is 12.5 Å². The Bertz CT molecular complexity index is 487. The number of unbranched alkanes of at least 4 members (excludes halogenated alkanes) is 3. The summed E-state index contributed by atoms with van der Waals surface area (Å²) in [5.41, 5.74) is 1.14. The van der Waals surface area contributed by atoms with E-state index in [1.54, 1.807) is 7.05 Å². The van der Waals surface area contributed by atoms with Crippen molar-refractivity contribution in [3.8, 4) is 0 Å². The van der Waals surface area contributed by atoms with E-state index in [2.05, 4.69) is 22.5 Å². The largest absolute Gasteiger partial charge is 0.356 e. The van der Waals surface area contributed by atoms with Crippen LogP contribution in [0.5, 0.6) is 0 Å². The molecule has 0 saturated carbocycles. The molecule has 0 unspecified atom stereocenters. The SMILES string of the molecule is CCCCCCNC(=NC)NCC(=O)N(CC)Cc1ccccc1. The average Bonchev–Trinajstić information content (AvgIpc) is 2.62. The number of hydrogen-bond donors (Lipinski definition) is 2. The molecule has 0 heterocycles. The zero-order chi connectivity index (χ0) is 17.6. The van der Waals surface area contributed by atoms with Crippen LogP contribution >= 0.6 is 0 Å². The van der Waals surface area contributed by atoms with Crippen molar-refractivity contribution in [2.24, 2.45) is 4.99 Å². The van der Waals surface area contributed by atoms with Crippen LogP contribution in [0.2, 0.25) is 0 Å². The molecular weight excluding hydrogens is 300 g/mol. The first-order valence-electron chi connectivity index (χ1n) is 8.97. The third-order valence-electron chi connectivity index (χ3n) is 3.90. The molecule has 0 spiro atoms. The van der Waals surface area contributed by atoms with Crippen molar-refractivity contribution >= 4 is 11.9 Å². The highest BCUT2D eigenvalue weighted by atomic mass is 16.2. The van der Waals surface area contributed by atoms with E-state index in [1.807, 2.05) is 42.2 Å². The molecule has 1 aromatic rings. The highest BCUT2D eigenvalue weighted by Gasteiger charge is 2.12. The molecular formula is C19H32N4O. The molecule has 24 heavy (non-hydrogen) atoms. The number of nitrogens with zero attached hydrogens (tertiary/aromatic N) is 2. The van der Waals surface area contributed by atoms with Crippen molar-refractivity contribution in [2.45, 2.75) is 46.1 Å². The maximum absolute atomic E-state index is 12.4. The first kappa shape index (κ1) is 20.0. The van der Waals surface area contributed by atoms with Crippen molar-refractivity contribution in [3.05, 3.63) is 35.9 Å². The lowest BCUT2D eigenvalue weighted by Gasteiger charge is -2.22. The number of carbonyl (C=O) groups is 1. The molecule has 1 amide bonds. The first-order valence-corrected chi connectivity index (χ1v) is 8.97. The summed E-state index contributed by atoms with van der Waals surface area (Å²) in [7, 11) is 1.73. The zero-order valence-corrected chi connectivity index (χ0v) is 15.3. The average molecular weight is 332 g/mol. The predicted octanol–water partition coefficient (Wildman–Crippen LogP) is 2.78. The van der Waals surface area contributed by atoms with Gasteiger partial charge in [0.15, 0.2) is 5.96 Å². The molecule has 0 atom stereocenters. The van der Waals surface area contributed by atoms with Gasteiger partial charge in [-0.2, -0.15) is 0 Å². The molecule has 0 aliphatic carbocycles. The summed E-state index contributed by atoms with van der Waals surface area (Å²) in [6.07, 6.45) is 4.84. The Morgan fingerprint density at radius 3 is 2.46 bits per heavy atom. The summed E-state index contributed by atoms with van der Waals surface area (Å²) in [5, 5.41) is 6.37. The van der Waals surface area contributed by atoms with Gasteiger partial charge in [0.05, 0.1) is 6.54 Å².